The van der Waals surface area contributed by atoms with Gasteiger partial charge in [-0.2, -0.15) is 0 Å². The maximum atomic E-state index is 12.4. The van der Waals surface area contributed by atoms with Gasteiger partial charge in [0.15, 0.2) is 0 Å². The summed E-state index contributed by atoms with van der Waals surface area (Å²) in [5, 5.41) is 17.8. The number of tetrazole rings is 1. The molecular formula is C19H28ClN6O-. The molecule has 27 heavy (non-hydrogen) atoms. The molecule has 0 bridgehead atoms. The molecule has 1 fully saturated rings. The van der Waals surface area contributed by atoms with E-state index in [9.17, 15) is 4.79 Å². The smallest absolute Gasteiger partial charge is 0.251 e. The van der Waals surface area contributed by atoms with E-state index in [1.165, 1.54) is 6.33 Å². The standard InChI is InChI=1S/C19H28N6O.ClH/c1-18(2)11-14(12-19(3,4)22-18)9-10-20-17(26)15-5-7-16(8-6-15)25-13-21-23-24-25;/h5-8,13-14,22H,9-12H2,1-4H3,(H,20,26);1H/p-1. The highest BCUT2D eigenvalue weighted by molar-refractivity contribution is 5.94. The van der Waals surface area contributed by atoms with E-state index in [1.807, 2.05) is 12.1 Å². The Bertz CT molecular complexity index is 726. The number of hydrogen-bond acceptors (Lipinski definition) is 5. The highest BCUT2D eigenvalue weighted by Crippen LogP contribution is 2.34. The zero-order chi connectivity index (χ0) is 18.8. The second-order valence-corrected chi connectivity index (χ2v) is 8.51. The van der Waals surface area contributed by atoms with Crippen LogP contribution >= 0.6 is 0 Å². The summed E-state index contributed by atoms with van der Waals surface area (Å²) in [4.78, 5) is 12.4. The number of amides is 1. The maximum Gasteiger partial charge on any atom is 0.251 e. The summed E-state index contributed by atoms with van der Waals surface area (Å²) in [5.74, 6) is 0.574. The summed E-state index contributed by atoms with van der Waals surface area (Å²) >= 11 is 0. The van der Waals surface area contributed by atoms with Crippen molar-refractivity contribution in [2.75, 3.05) is 6.54 Å². The minimum absolute atomic E-state index is 0. The molecule has 1 amide bonds. The number of benzene rings is 1. The predicted molar refractivity (Wildman–Crippen MR) is 100 cm³/mol. The first-order valence-corrected chi connectivity index (χ1v) is 9.15. The van der Waals surface area contributed by atoms with Crippen LogP contribution in [0.15, 0.2) is 30.6 Å². The lowest BCUT2D eigenvalue weighted by molar-refractivity contribution is -0.0000182. The van der Waals surface area contributed by atoms with E-state index in [4.69, 9.17) is 0 Å². The van der Waals surface area contributed by atoms with Crippen molar-refractivity contribution in [2.24, 2.45) is 5.92 Å². The molecule has 148 valence electrons. The average molecular weight is 392 g/mol. The van der Waals surface area contributed by atoms with Crippen LogP contribution in [0.4, 0.5) is 0 Å². The highest BCUT2D eigenvalue weighted by Gasteiger charge is 2.37. The molecule has 7 nitrogen and oxygen atoms in total. The number of hydrogen-bond donors (Lipinski definition) is 2. The molecule has 3 rings (SSSR count). The highest BCUT2D eigenvalue weighted by atomic mass is 35.5. The summed E-state index contributed by atoms with van der Waals surface area (Å²) in [6, 6.07) is 7.26. The minimum atomic E-state index is -0.0410. The molecule has 0 atom stereocenters. The van der Waals surface area contributed by atoms with E-state index >= 15 is 0 Å². The normalized spacial score (nSPS) is 18.5. The van der Waals surface area contributed by atoms with Crippen LogP contribution < -0.4 is 23.0 Å². The van der Waals surface area contributed by atoms with E-state index in [1.54, 1.807) is 16.8 Å². The average Bonchev–Trinajstić information content (AvgIpc) is 3.06. The maximum absolute atomic E-state index is 12.4. The van der Waals surface area contributed by atoms with Crippen molar-refractivity contribution >= 4 is 5.91 Å². The Morgan fingerprint density at radius 1 is 1.19 bits per heavy atom. The zero-order valence-electron chi connectivity index (χ0n) is 16.4. The summed E-state index contributed by atoms with van der Waals surface area (Å²) in [6.07, 6.45) is 4.79. The van der Waals surface area contributed by atoms with Gasteiger partial charge in [-0.15, -0.1) is 5.10 Å². The van der Waals surface area contributed by atoms with Gasteiger partial charge in [0.05, 0.1) is 5.69 Å². The fraction of sp³-hybridized carbons (Fsp3) is 0.579. The number of piperidine rings is 1. The zero-order valence-corrected chi connectivity index (χ0v) is 17.1. The number of nitrogens with zero attached hydrogens (tertiary/aromatic N) is 4. The molecule has 2 N–H and O–H groups in total. The van der Waals surface area contributed by atoms with Crippen LogP contribution in [0.2, 0.25) is 0 Å². The van der Waals surface area contributed by atoms with Crippen LogP contribution in [0.5, 0.6) is 0 Å². The first-order valence-electron chi connectivity index (χ1n) is 9.15. The van der Waals surface area contributed by atoms with E-state index in [2.05, 4.69) is 53.9 Å². The van der Waals surface area contributed by atoms with Gasteiger partial charge >= 0.3 is 0 Å². The van der Waals surface area contributed by atoms with Crippen LogP contribution in [0.3, 0.4) is 0 Å². The Kier molecular flexibility index (Phi) is 6.59. The Labute approximate surface area is 166 Å². The van der Waals surface area contributed by atoms with Crippen molar-refractivity contribution in [3.8, 4) is 5.69 Å². The van der Waals surface area contributed by atoms with Crippen molar-refractivity contribution in [1.82, 2.24) is 30.8 Å². The number of halogens is 1. The van der Waals surface area contributed by atoms with E-state index in [-0.39, 0.29) is 29.4 Å². The monoisotopic (exact) mass is 391 g/mol. The summed E-state index contributed by atoms with van der Waals surface area (Å²) in [7, 11) is 0. The third-order valence-electron chi connectivity index (χ3n) is 4.86. The molecule has 1 aromatic heterocycles. The first kappa shape index (κ1) is 21.3. The number of carbonyl (C=O) groups excluding carboxylic acids is 1. The summed E-state index contributed by atoms with van der Waals surface area (Å²) < 4.78 is 1.56. The molecule has 2 aromatic rings. The number of nitrogens with one attached hydrogen (secondary N) is 2. The number of carbonyl (C=O) groups is 1. The molecule has 1 aromatic carbocycles. The van der Waals surface area contributed by atoms with Crippen LogP contribution in [0, 0.1) is 5.92 Å². The van der Waals surface area contributed by atoms with Crippen molar-refractivity contribution in [3.63, 3.8) is 0 Å². The quantitative estimate of drug-likeness (QED) is 0.707. The second kappa shape index (κ2) is 8.35. The molecule has 1 saturated heterocycles. The third kappa shape index (κ3) is 5.74. The van der Waals surface area contributed by atoms with E-state index in [0.717, 1.165) is 24.9 Å². The van der Waals surface area contributed by atoms with Gasteiger partial charge in [0.1, 0.15) is 6.33 Å². The van der Waals surface area contributed by atoms with E-state index < -0.39 is 0 Å². The lowest BCUT2D eigenvalue weighted by Gasteiger charge is -2.46. The molecule has 0 aliphatic carbocycles. The topological polar surface area (TPSA) is 84.7 Å². The van der Waals surface area contributed by atoms with Gasteiger partial charge in [-0.3, -0.25) is 4.79 Å². The molecule has 8 heteroatoms. The number of rotatable bonds is 5. The van der Waals surface area contributed by atoms with Crippen LogP contribution in [0.1, 0.15) is 57.3 Å². The lowest BCUT2D eigenvalue weighted by atomic mass is 9.75. The molecule has 0 unspecified atom stereocenters. The minimum Gasteiger partial charge on any atom is -1.00 e. The van der Waals surface area contributed by atoms with Gasteiger partial charge in [-0.05, 0) is 87.6 Å². The van der Waals surface area contributed by atoms with E-state index in [0.29, 0.717) is 18.0 Å². The van der Waals surface area contributed by atoms with Gasteiger partial charge < -0.3 is 23.0 Å². The molecule has 0 radical (unpaired) electrons. The molecule has 2 heterocycles. The van der Waals surface area contributed by atoms with Gasteiger partial charge in [-0.25, -0.2) is 4.68 Å². The van der Waals surface area contributed by atoms with Gasteiger partial charge in [0.25, 0.3) is 5.91 Å². The van der Waals surface area contributed by atoms with Crippen molar-refractivity contribution in [3.05, 3.63) is 36.2 Å². The summed E-state index contributed by atoms with van der Waals surface area (Å²) in [6.45, 7) is 9.72. The molecule has 0 saturated carbocycles. The third-order valence-corrected chi connectivity index (χ3v) is 4.86. The molecule has 0 spiro atoms. The Morgan fingerprint density at radius 2 is 1.81 bits per heavy atom. The van der Waals surface area contributed by atoms with Crippen LogP contribution in [-0.2, 0) is 0 Å². The lowest BCUT2D eigenvalue weighted by Crippen LogP contribution is -3.00. The molecule has 1 aliphatic heterocycles. The van der Waals surface area contributed by atoms with Crippen LogP contribution in [-0.4, -0.2) is 43.7 Å². The van der Waals surface area contributed by atoms with Gasteiger partial charge in [0.2, 0.25) is 0 Å². The number of aromatic nitrogens is 4. The van der Waals surface area contributed by atoms with Crippen molar-refractivity contribution in [2.45, 2.75) is 58.0 Å². The fourth-order valence-electron chi connectivity index (χ4n) is 4.27. The largest absolute Gasteiger partial charge is 1.00 e. The predicted octanol–water partition coefficient (Wildman–Crippen LogP) is -0.657. The second-order valence-electron chi connectivity index (χ2n) is 8.51. The van der Waals surface area contributed by atoms with Crippen molar-refractivity contribution in [1.29, 1.82) is 0 Å². The molecule has 1 aliphatic rings. The summed E-state index contributed by atoms with van der Waals surface area (Å²) in [5.41, 5.74) is 1.75. The van der Waals surface area contributed by atoms with Crippen molar-refractivity contribution < 1.29 is 17.2 Å². The Hall–Kier alpha value is -1.99. The SMILES string of the molecule is CC1(C)CC(CCNC(=O)c2ccc(-n3cnnn3)cc2)CC(C)(C)N1.[Cl-]. The first-order chi connectivity index (χ1) is 12.2. The Morgan fingerprint density at radius 3 is 2.37 bits per heavy atom. The van der Waals surface area contributed by atoms with Crippen LogP contribution in [0.25, 0.3) is 5.69 Å². The fourth-order valence-corrected chi connectivity index (χ4v) is 4.27. The van der Waals surface area contributed by atoms with Gasteiger partial charge in [0, 0.05) is 23.2 Å². The Balaban J connectivity index is 0.00000261. The van der Waals surface area contributed by atoms with Gasteiger partial charge in [-0.1, -0.05) is 0 Å². The molecular weight excluding hydrogens is 364 g/mol.